The Labute approximate surface area is 119 Å². The summed E-state index contributed by atoms with van der Waals surface area (Å²) in [6, 6.07) is 14.4. The maximum Gasteiger partial charge on any atom is 0.143 e. The molecule has 102 valence electrons. The van der Waals surface area contributed by atoms with Crippen LogP contribution in [-0.4, -0.2) is 9.55 Å². The predicted octanol–water partition coefficient (Wildman–Crippen LogP) is 4.00. The minimum Gasteiger partial charge on any atom is -0.398 e. The molecule has 0 unspecified atom stereocenters. The van der Waals surface area contributed by atoms with E-state index in [1.807, 2.05) is 25.1 Å². The Morgan fingerprint density at radius 1 is 1.10 bits per heavy atom. The lowest BCUT2D eigenvalue weighted by molar-refractivity contribution is 0.704. The zero-order valence-electron chi connectivity index (χ0n) is 11.9. The summed E-state index contributed by atoms with van der Waals surface area (Å²) < 4.78 is 2.26. The number of nitrogens with zero attached hydrogens (tertiary/aromatic N) is 2. The van der Waals surface area contributed by atoms with Crippen molar-refractivity contribution in [2.75, 3.05) is 5.73 Å². The number of para-hydroxylation sites is 3. The Bertz CT molecular complexity index is 756. The van der Waals surface area contributed by atoms with E-state index in [1.54, 1.807) is 0 Å². The van der Waals surface area contributed by atoms with E-state index in [0.717, 1.165) is 41.1 Å². The minimum atomic E-state index is 0.820. The third-order valence-electron chi connectivity index (χ3n) is 3.67. The van der Waals surface area contributed by atoms with Crippen molar-refractivity contribution in [2.24, 2.45) is 0 Å². The average molecular weight is 265 g/mol. The molecule has 0 aliphatic carbocycles. The van der Waals surface area contributed by atoms with Crippen LogP contribution in [0, 0.1) is 6.92 Å². The Morgan fingerprint density at radius 2 is 1.90 bits per heavy atom. The largest absolute Gasteiger partial charge is 0.398 e. The van der Waals surface area contributed by atoms with Gasteiger partial charge in [-0.05, 0) is 37.1 Å². The second-order valence-electron chi connectivity index (χ2n) is 5.11. The van der Waals surface area contributed by atoms with Crippen LogP contribution in [0.5, 0.6) is 0 Å². The summed E-state index contributed by atoms with van der Waals surface area (Å²) in [5.74, 6) is 0.967. The summed E-state index contributed by atoms with van der Waals surface area (Å²) in [6.07, 6.45) is 1.07. The molecular weight excluding hydrogens is 246 g/mol. The van der Waals surface area contributed by atoms with Crippen molar-refractivity contribution >= 4 is 16.7 Å². The van der Waals surface area contributed by atoms with Crippen molar-refractivity contribution in [3.05, 3.63) is 48.0 Å². The summed E-state index contributed by atoms with van der Waals surface area (Å²) in [6.45, 7) is 5.16. The maximum absolute atomic E-state index is 6.25. The fourth-order valence-corrected chi connectivity index (χ4v) is 2.61. The number of benzene rings is 2. The van der Waals surface area contributed by atoms with Gasteiger partial charge in [0.2, 0.25) is 0 Å². The number of nitrogen functional groups attached to an aromatic ring is 1. The van der Waals surface area contributed by atoms with Crippen LogP contribution in [0.25, 0.3) is 22.4 Å². The van der Waals surface area contributed by atoms with Crippen molar-refractivity contribution in [3.63, 3.8) is 0 Å². The molecule has 0 bridgehead atoms. The third-order valence-corrected chi connectivity index (χ3v) is 3.67. The van der Waals surface area contributed by atoms with Gasteiger partial charge in [-0.25, -0.2) is 4.98 Å². The molecule has 0 saturated carbocycles. The molecule has 0 fully saturated rings. The van der Waals surface area contributed by atoms with Gasteiger partial charge >= 0.3 is 0 Å². The molecule has 0 saturated heterocycles. The number of nitrogens with two attached hydrogens (primary N) is 1. The first-order valence-corrected chi connectivity index (χ1v) is 7.03. The first-order chi connectivity index (χ1) is 9.72. The monoisotopic (exact) mass is 265 g/mol. The van der Waals surface area contributed by atoms with Gasteiger partial charge in [0.05, 0.1) is 11.0 Å². The molecule has 3 aromatic rings. The lowest BCUT2D eigenvalue weighted by atomic mass is 10.1. The van der Waals surface area contributed by atoms with Crippen molar-refractivity contribution in [2.45, 2.75) is 26.8 Å². The van der Waals surface area contributed by atoms with Gasteiger partial charge in [0.1, 0.15) is 5.82 Å². The van der Waals surface area contributed by atoms with Gasteiger partial charge in [0, 0.05) is 17.8 Å². The molecule has 0 amide bonds. The van der Waals surface area contributed by atoms with E-state index in [-0.39, 0.29) is 0 Å². The van der Waals surface area contributed by atoms with Gasteiger partial charge in [-0.2, -0.15) is 0 Å². The summed E-state index contributed by atoms with van der Waals surface area (Å²) in [7, 11) is 0. The zero-order chi connectivity index (χ0) is 14.1. The van der Waals surface area contributed by atoms with Crippen molar-refractivity contribution in [3.8, 4) is 11.4 Å². The number of rotatable bonds is 3. The summed E-state index contributed by atoms with van der Waals surface area (Å²) >= 11 is 0. The fraction of sp³-hybridized carbons (Fsp3) is 0.235. The fourth-order valence-electron chi connectivity index (χ4n) is 2.61. The Hall–Kier alpha value is -2.29. The second kappa shape index (κ2) is 5.00. The summed E-state index contributed by atoms with van der Waals surface area (Å²) in [5, 5.41) is 0. The van der Waals surface area contributed by atoms with Crippen LogP contribution in [-0.2, 0) is 6.54 Å². The highest BCUT2D eigenvalue weighted by molar-refractivity contribution is 5.84. The number of fused-ring (bicyclic) bond motifs is 1. The van der Waals surface area contributed by atoms with E-state index in [9.17, 15) is 0 Å². The smallest absolute Gasteiger partial charge is 0.143 e. The van der Waals surface area contributed by atoms with Crippen LogP contribution in [0.1, 0.15) is 18.9 Å². The number of hydrogen-bond donors (Lipinski definition) is 1. The van der Waals surface area contributed by atoms with Crippen molar-refractivity contribution in [1.82, 2.24) is 9.55 Å². The number of hydrogen-bond acceptors (Lipinski definition) is 2. The van der Waals surface area contributed by atoms with E-state index in [4.69, 9.17) is 10.7 Å². The molecule has 0 spiro atoms. The van der Waals surface area contributed by atoms with Gasteiger partial charge in [-0.1, -0.05) is 31.2 Å². The summed E-state index contributed by atoms with van der Waals surface area (Å²) in [5.41, 5.74) is 11.4. The first kappa shape index (κ1) is 12.7. The second-order valence-corrected chi connectivity index (χ2v) is 5.11. The molecule has 0 radical (unpaired) electrons. The lowest BCUT2D eigenvalue weighted by Gasteiger charge is -2.11. The molecule has 3 nitrogen and oxygen atoms in total. The molecule has 0 aliphatic rings. The van der Waals surface area contributed by atoms with Crippen molar-refractivity contribution < 1.29 is 0 Å². The van der Waals surface area contributed by atoms with Crippen LogP contribution in [0.3, 0.4) is 0 Å². The zero-order valence-corrected chi connectivity index (χ0v) is 11.9. The molecule has 20 heavy (non-hydrogen) atoms. The predicted molar refractivity (Wildman–Crippen MR) is 84.6 cm³/mol. The normalized spacial score (nSPS) is 11.1. The number of imidazole rings is 1. The van der Waals surface area contributed by atoms with E-state index in [0.29, 0.717) is 0 Å². The molecule has 3 rings (SSSR count). The van der Waals surface area contributed by atoms with Crippen LogP contribution in [0.4, 0.5) is 5.69 Å². The van der Waals surface area contributed by atoms with Crippen LogP contribution in [0.15, 0.2) is 42.5 Å². The highest BCUT2D eigenvalue weighted by Gasteiger charge is 2.14. The van der Waals surface area contributed by atoms with Gasteiger partial charge in [0.15, 0.2) is 0 Å². The highest BCUT2D eigenvalue weighted by atomic mass is 15.1. The molecule has 3 heteroatoms. The van der Waals surface area contributed by atoms with Crippen molar-refractivity contribution in [1.29, 1.82) is 0 Å². The minimum absolute atomic E-state index is 0.820. The maximum atomic E-state index is 6.25. The highest BCUT2D eigenvalue weighted by Crippen LogP contribution is 2.30. The Balaban J connectivity index is 2.29. The van der Waals surface area contributed by atoms with E-state index in [2.05, 4.69) is 35.8 Å². The van der Waals surface area contributed by atoms with E-state index in [1.165, 1.54) is 5.52 Å². The number of aromatic nitrogens is 2. The molecular formula is C17H19N3. The van der Waals surface area contributed by atoms with Gasteiger partial charge < -0.3 is 10.3 Å². The van der Waals surface area contributed by atoms with Crippen LogP contribution in [0.2, 0.25) is 0 Å². The quantitative estimate of drug-likeness (QED) is 0.727. The van der Waals surface area contributed by atoms with Gasteiger partial charge in [0.25, 0.3) is 0 Å². The van der Waals surface area contributed by atoms with E-state index >= 15 is 0 Å². The van der Waals surface area contributed by atoms with Crippen LogP contribution < -0.4 is 5.73 Å². The Kier molecular flexibility index (Phi) is 3.18. The number of anilines is 1. The standard InChI is InChI=1S/C17H19N3/c1-3-11-20-15-10-5-4-9-14(15)19-17(20)13-8-6-7-12(2)16(13)18/h4-10H,3,11,18H2,1-2H3. The molecule has 1 aromatic heterocycles. The lowest BCUT2D eigenvalue weighted by Crippen LogP contribution is -2.02. The SMILES string of the molecule is CCCn1c(-c2cccc(C)c2N)nc2ccccc21. The Morgan fingerprint density at radius 3 is 2.70 bits per heavy atom. The molecule has 1 heterocycles. The van der Waals surface area contributed by atoms with Gasteiger partial charge in [-0.3, -0.25) is 0 Å². The average Bonchev–Trinajstić information content (AvgIpc) is 2.81. The van der Waals surface area contributed by atoms with Crippen LogP contribution >= 0.6 is 0 Å². The molecule has 2 aromatic carbocycles. The molecule has 0 atom stereocenters. The van der Waals surface area contributed by atoms with Gasteiger partial charge in [-0.15, -0.1) is 0 Å². The third kappa shape index (κ3) is 1.95. The first-order valence-electron chi connectivity index (χ1n) is 7.03. The number of aryl methyl sites for hydroxylation is 2. The molecule has 2 N–H and O–H groups in total. The summed E-state index contributed by atoms with van der Waals surface area (Å²) in [4.78, 5) is 4.79. The topological polar surface area (TPSA) is 43.8 Å². The molecule has 0 aliphatic heterocycles. The van der Waals surface area contributed by atoms with E-state index < -0.39 is 0 Å².